The van der Waals surface area contributed by atoms with Gasteiger partial charge in [0.25, 0.3) is 17.5 Å². The zero-order chi connectivity index (χ0) is 20.7. The van der Waals surface area contributed by atoms with Gasteiger partial charge in [-0.15, -0.1) is 0 Å². The van der Waals surface area contributed by atoms with Gasteiger partial charge >= 0.3 is 0 Å². The van der Waals surface area contributed by atoms with Crippen LogP contribution in [0.5, 0.6) is 0 Å². The molecule has 1 aromatic rings. The molecule has 0 saturated carbocycles. The van der Waals surface area contributed by atoms with Crippen LogP contribution < -0.4 is 16.2 Å². The van der Waals surface area contributed by atoms with Crippen LogP contribution in [0.4, 0.5) is 5.69 Å². The van der Waals surface area contributed by atoms with Crippen LogP contribution in [0.1, 0.15) is 37.0 Å². The SMILES string of the molecule is CC(C)C(=O)NC1CCN(CC(=O)NNC(=O)c2cccc([N+](=O)[O-])c2)CC1. The zero-order valence-corrected chi connectivity index (χ0v) is 15.9. The molecule has 1 heterocycles. The van der Waals surface area contributed by atoms with E-state index < -0.39 is 10.8 Å². The summed E-state index contributed by atoms with van der Waals surface area (Å²) in [6.07, 6.45) is 1.51. The van der Waals surface area contributed by atoms with Gasteiger partial charge in [-0.25, -0.2) is 0 Å². The Morgan fingerprint density at radius 3 is 2.50 bits per heavy atom. The van der Waals surface area contributed by atoms with Gasteiger partial charge < -0.3 is 5.32 Å². The highest BCUT2D eigenvalue weighted by Crippen LogP contribution is 2.13. The highest BCUT2D eigenvalue weighted by molar-refractivity contribution is 5.96. The van der Waals surface area contributed by atoms with Gasteiger partial charge in [0.1, 0.15) is 0 Å². The highest BCUT2D eigenvalue weighted by atomic mass is 16.6. The topological polar surface area (TPSA) is 134 Å². The molecule has 0 aliphatic carbocycles. The molecule has 0 radical (unpaired) electrons. The van der Waals surface area contributed by atoms with E-state index in [2.05, 4.69) is 16.2 Å². The number of nitro benzene ring substituents is 1. The molecule has 10 nitrogen and oxygen atoms in total. The monoisotopic (exact) mass is 391 g/mol. The van der Waals surface area contributed by atoms with Gasteiger partial charge in [0, 0.05) is 42.7 Å². The molecule has 1 saturated heterocycles. The van der Waals surface area contributed by atoms with Crippen molar-refractivity contribution in [2.45, 2.75) is 32.7 Å². The molecule has 3 N–H and O–H groups in total. The van der Waals surface area contributed by atoms with E-state index in [-0.39, 0.29) is 41.6 Å². The van der Waals surface area contributed by atoms with Crippen molar-refractivity contribution < 1.29 is 19.3 Å². The Kier molecular flexibility index (Phi) is 7.44. The number of benzene rings is 1. The lowest BCUT2D eigenvalue weighted by Crippen LogP contribution is -2.50. The molecule has 2 rings (SSSR count). The Morgan fingerprint density at radius 2 is 1.89 bits per heavy atom. The lowest BCUT2D eigenvalue weighted by Gasteiger charge is -2.32. The Morgan fingerprint density at radius 1 is 1.21 bits per heavy atom. The molecule has 0 bridgehead atoms. The number of non-ortho nitro benzene ring substituents is 1. The molecule has 28 heavy (non-hydrogen) atoms. The summed E-state index contributed by atoms with van der Waals surface area (Å²) in [5.41, 5.74) is 4.45. The molecule has 0 atom stereocenters. The van der Waals surface area contributed by atoms with Crippen LogP contribution in [0.15, 0.2) is 24.3 Å². The molecule has 1 aromatic carbocycles. The number of nitro groups is 1. The summed E-state index contributed by atoms with van der Waals surface area (Å²) < 4.78 is 0. The van der Waals surface area contributed by atoms with Gasteiger partial charge in [-0.2, -0.15) is 0 Å². The van der Waals surface area contributed by atoms with Gasteiger partial charge in [0.05, 0.1) is 11.5 Å². The molecule has 10 heteroatoms. The number of hydrogen-bond acceptors (Lipinski definition) is 6. The van der Waals surface area contributed by atoms with Crippen molar-refractivity contribution in [2.75, 3.05) is 19.6 Å². The molecular weight excluding hydrogens is 366 g/mol. The number of nitrogens with one attached hydrogen (secondary N) is 3. The highest BCUT2D eigenvalue weighted by Gasteiger charge is 2.23. The Labute approximate surface area is 162 Å². The van der Waals surface area contributed by atoms with Crippen molar-refractivity contribution in [1.29, 1.82) is 0 Å². The average Bonchev–Trinajstić information content (AvgIpc) is 2.67. The third kappa shape index (κ3) is 6.31. The van der Waals surface area contributed by atoms with Crippen molar-refractivity contribution in [1.82, 2.24) is 21.1 Å². The number of likely N-dealkylation sites (tertiary alicyclic amines) is 1. The first-order valence-corrected chi connectivity index (χ1v) is 9.12. The summed E-state index contributed by atoms with van der Waals surface area (Å²) in [4.78, 5) is 47.9. The number of amides is 3. The minimum absolute atomic E-state index is 0.0278. The smallest absolute Gasteiger partial charge is 0.270 e. The van der Waals surface area contributed by atoms with Crippen LogP contribution in [-0.4, -0.2) is 53.2 Å². The average molecular weight is 391 g/mol. The second kappa shape index (κ2) is 9.79. The summed E-state index contributed by atoms with van der Waals surface area (Å²) in [5, 5.41) is 13.7. The van der Waals surface area contributed by atoms with Crippen molar-refractivity contribution >= 4 is 23.4 Å². The van der Waals surface area contributed by atoms with Crippen LogP contribution in [-0.2, 0) is 9.59 Å². The van der Waals surface area contributed by atoms with Crippen LogP contribution in [0.25, 0.3) is 0 Å². The summed E-state index contributed by atoms with van der Waals surface area (Å²) >= 11 is 0. The van der Waals surface area contributed by atoms with Crippen LogP contribution >= 0.6 is 0 Å². The van der Waals surface area contributed by atoms with E-state index in [0.29, 0.717) is 13.1 Å². The normalized spacial score (nSPS) is 15.1. The van der Waals surface area contributed by atoms with E-state index in [1.807, 2.05) is 18.7 Å². The summed E-state index contributed by atoms with van der Waals surface area (Å²) in [6.45, 7) is 5.12. The number of rotatable bonds is 6. The summed E-state index contributed by atoms with van der Waals surface area (Å²) in [5.74, 6) is -1.05. The molecule has 0 spiro atoms. The molecule has 1 fully saturated rings. The first-order valence-electron chi connectivity index (χ1n) is 9.12. The van der Waals surface area contributed by atoms with E-state index >= 15 is 0 Å². The number of hydrogen-bond donors (Lipinski definition) is 3. The largest absolute Gasteiger partial charge is 0.353 e. The maximum absolute atomic E-state index is 12.0. The van der Waals surface area contributed by atoms with Gasteiger partial charge in [-0.1, -0.05) is 19.9 Å². The Balaban J connectivity index is 1.73. The summed E-state index contributed by atoms with van der Waals surface area (Å²) in [6, 6.07) is 5.35. The van der Waals surface area contributed by atoms with Crippen LogP contribution in [0.3, 0.4) is 0 Å². The number of nitrogens with zero attached hydrogens (tertiary/aromatic N) is 2. The molecule has 1 aliphatic heterocycles. The van der Waals surface area contributed by atoms with Crippen molar-refractivity contribution in [2.24, 2.45) is 5.92 Å². The third-order valence-electron chi connectivity index (χ3n) is 4.46. The van der Waals surface area contributed by atoms with Gasteiger partial charge in [0.2, 0.25) is 5.91 Å². The zero-order valence-electron chi connectivity index (χ0n) is 15.9. The minimum Gasteiger partial charge on any atom is -0.353 e. The van der Waals surface area contributed by atoms with Gasteiger partial charge in [0.15, 0.2) is 0 Å². The third-order valence-corrected chi connectivity index (χ3v) is 4.46. The van der Waals surface area contributed by atoms with E-state index in [9.17, 15) is 24.5 Å². The second-order valence-corrected chi connectivity index (χ2v) is 7.02. The Hall–Kier alpha value is -3.01. The minimum atomic E-state index is -0.632. The van der Waals surface area contributed by atoms with Crippen LogP contribution in [0.2, 0.25) is 0 Å². The van der Waals surface area contributed by atoms with E-state index in [4.69, 9.17) is 0 Å². The standard InChI is InChI=1S/C18H25N5O5/c1-12(2)17(25)19-14-6-8-22(9-7-14)11-16(24)20-21-18(26)13-4-3-5-15(10-13)23(27)28/h3-5,10,12,14H,6-9,11H2,1-2H3,(H,19,25)(H,20,24)(H,21,26). The lowest BCUT2D eigenvalue weighted by atomic mass is 10.0. The fourth-order valence-electron chi connectivity index (χ4n) is 2.81. The number of piperidine rings is 1. The first kappa shape index (κ1) is 21.3. The lowest BCUT2D eigenvalue weighted by molar-refractivity contribution is -0.384. The maximum atomic E-state index is 12.0. The van der Waals surface area contributed by atoms with E-state index in [1.54, 1.807) is 0 Å². The number of carbonyl (C=O) groups is 3. The number of hydrazine groups is 1. The quantitative estimate of drug-likeness (QED) is 0.480. The Bertz CT molecular complexity index is 744. The molecular formula is C18H25N5O5. The molecule has 0 aromatic heterocycles. The molecule has 3 amide bonds. The predicted molar refractivity (Wildman–Crippen MR) is 101 cm³/mol. The molecule has 152 valence electrons. The first-order chi connectivity index (χ1) is 13.3. The molecule has 1 aliphatic rings. The second-order valence-electron chi connectivity index (χ2n) is 7.02. The van der Waals surface area contributed by atoms with Crippen molar-refractivity contribution in [3.05, 3.63) is 39.9 Å². The number of carbonyl (C=O) groups excluding carboxylic acids is 3. The summed E-state index contributed by atoms with van der Waals surface area (Å²) in [7, 11) is 0. The van der Waals surface area contributed by atoms with E-state index in [1.165, 1.54) is 18.2 Å². The van der Waals surface area contributed by atoms with Gasteiger partial charge in [-0.3, -0.25) is 40.2 Å². The fourth-order valence-corrected chi connectivity index (χ4v) is 2.81. The van der Waals surface area contributed by atoms with Gasteiger partial charge in [-0.05, 0) is 18.9 Å². The van der Waals surface area contributed by atoms with Crippen molar-refractivity contribution in [3.63, 3.8) is 0 Å². The van der Waals surface area contributed by atoms with Crippen molar-refractivity contribution in [3.8, 4) is 0 Å². The predicted octanol–water partition coefficient (Wildman–Crippen LogP) is 0.592. The fraction of sp³-hybridized carbons (Fsp3) is 0.500. The maximum Gasteiger partial charge on any atom is 0.270 e. The van der Waals surface area contributed by atoms with Crippen LogP contribution in [0, 0.1) is 16.0 Å². The van der Waals surface area contributed by atoms with E-state index in [0.717, 1.165) is 18.9 Å². The molecule has 0 unspecified atom stereocenters.